The van der Waals surface area contributed by atoms with Gasteiger partial charge in [-0.1, -0.05) is 38.1 Å². The Balaban J connectivity index is 1.68. The largest absolute Gasteiger partial charge is 0.423 e. The van der Waals surface area contributed by atoms with Crippen LogP contribution in [-0.2, 0) is 9.59 Å². The molecule has 1 aliphatic rings. The number of para-hydroxylation sites is 2. The van der Waals surface area contributed by atoms with Crippen LogP contribution in [0, 0.1) is 0 Å². The van der Waals surface area contributed by atoms with Gasteiger partial charge in [-0.05, 0) is 35.7 Å². The zero-order chi connectivity index (χ0) is 17.1. The Morgan fingerprint density at radius 1 is 1.17 bits per heavy atom. The lowest BCUT2D eigenvalue weighted by Crippen LogP contribution is -2.41. The van der Waals surface area contributed by atoms with Crippen LogP contribution in [-0.4, -0.2) is 25.0 Å². The summed E-state index contributed by atoms with van der Waals surface area (Å²) in [6, 6.07) is 15.0. The molecule has 0 radical (unpaired) electrons. The third-order valence-corrected chi connectivity index (χ3v) is 3.95. The summed E-state index contributed by atoms with van der Waals surface area (Å²) >= 11 is 0. The highest BCUT2D eigenvalue weighted by atomic mass is 16.5. The number of ether oxygens (including phenoxy) is 1. The molecule has 0 saturated carbocycles. The lowest BCUT2D eigenvalue weighted by Gasteiger charge is -2.29. The molecule has 124 valence electrons. The molecule has 0 aromatic heterocycles. The molecule has 0 aliphatic carbocycles. The van der Waals surface area contributed by atoms with E-state index in [2.05, 4.69) is 19.2 Å². The van der Waals surface area contributed by atoms with E-state index in [1.165, 1.54) is 5.56 Å². The summed E-state index contributed by atoms with van der Waals surface area (Å²) in [7, 11) is 0. The predicted molar refractivity (Wildman–Crippen MR) is 93.5 cm³/mol. The van der Waals surface area contributed by atoms with Crippen molar-refractivity contribution < 1.29 is 14.3 Å². The quantitative estimate of drug-likeness (QED) is 0.693. The number of hydrogen-bond acceptors (Lipinski definition) is 4. The van der Waals surface area contributed by atoms with Crippen LogP contribution in [0.15, 0.2) is 48.5 Å². The average Bonchev–Trinajstić information content (AvgIpc) is 2.55. The number of benzene rings is 2. The number of nitrogens with one attached hydrogen (secondary N) is 1. The SMILES string of the molecule is CC(C)c1ccc(NC(=O)CN2CC(=O)Oc3ccccc32)cc1. The molecule has 0 bridgehead atoms. The van der Waals surface area contributed by atoms with Gasteiger partial charge in [0.1, 0.15) is 6.54 Å². The molecule has 24 heavy (non-hydrogen) atoms. The van der Waals surface area contributed by atoms with Gasteiger partial charge in [-0.25, -0.2) is 4.79 Å². The van der Waals surface area contributed by atoms with Gasteiger partial charge >= 0.3 is 5.97 Å². The molecule has 1 heterocycles. The van der Waals surface area contributed by atoms with E-state index >= 15 is 0 Å². The maximum absolute atomic E-state index is 12.3. The van der Waals surface area contributed by atoms with Crippen molar-refractivity contribution in [3.05, 3.63) is 54.1 Å². The Bertz CT molecular complexity index is 753. The van der Waals surface area contributed by atoms with Gasteiger partial charge in [-0.15, -0.1) is 0 Å². The van der Waals surface area contributed by atoms with E-state index < -0.39 is 0 Å². The topological polar surface area (TPSA) is 58.6 Å². The Labute approximate surface area is 141 Å². The second-order valence-corrected chi connectivity index (χ2v) is 6.12. The maximum atomic E-state index is 12.3. The monoisotopic (exact) mass is 324 g/mol. The number of anilines is 2. The predicted octanol–water partition coefficient (Wildman–Crippen LogP) is 3.17. The summed E-state index contributed by atoms with van der Waals surface area (Å²) in [5.74, 6) is 0.410. The van der Waals surface area contributed by atoms with Crippen LogP contribution in [0.4, 0.5) is 11.4 Å². The molecule has 1 N–H and O–H groups in total. The van der Waals surface area contributed by atoms with E-state index in [0.717, 1.165) is 11.4 Å². The summed E-state index contributed by atoms with van der Waals surface area (Å²) in [6.07, 6.45) is 0. The molecule has 3 rings (SSSR count). The fourth-order valence-electron chi connectivity index (χ4n) is 2.67. The van der Waals surface area contributed by atoms with Crippen LogP contribution in [0.2, 0.25) is 0 Å². The first-order valence-corrected chi connectivity index (χ1v) is 7.97. The third-order valence-electron chi connectivity index (χ3n) is 3.95. The van der Waals surface area contributed by atoms with Crippen molar-refractivity contribution in [2.45, 2.75) is 19.8 Å². The van der Waals surface area contributed by atoms with Gasteiger partial charge in [0.25, 0.3) is 0 Å². The van der Waals surface area contributed by atoms with Crippen LogP contribution in [0.25, 0.3) is 0 Å². The van der Waals surface area contributed by atoms with Crippen molar-refractivity contribution >= 4 is 23.3 Å². The number of amides is 1. The molecule has 0 atom stereocenters. The number of esters is 1. The molecular weight excluding hydrogens is 304 g/mol. The Morgan fingerprint density at radius 2 is 1.88 bits per heavy atom. The number of hydrogen-bond donors (Lipinski definition) is 1. The second kappa shape index (κ2) is 6.74. The van der Waals surface area contributed by atoms with Gasteiger partial charge in [-0.3, -0.25) is 4.79 Å². The molecule has 2 aromatic rings. The Hall–Kier alpha value is -2.82. The number of fused-ring (bicyclic) bond motifs is 1. The van der Waals surface area contributed by atoms with Crippen molar-refractivity contribution in [3.8, 4) is 5.75 Å². The summed E-state index contributed by atoms with van der Waals surface area (Å²) in [4.78, 5) is 25.7. The van der Waals surface area contributed by atoms with Crippen molar-refractivity contribution in [3.63, 3.8) is 0 Å². The first-order chi connectivity index (χ1) is 11.5. The molecule has 0 spiro atoms. The highest BCUT2D eigenvalue weighted by Crippen LogP contribution is 2.31. The van der Waals surface area contributed by atoms with E-state index in [1.807, 2.05) is 36.4 Å². The van der Waals surface area contributed by atoms with Crippen LogP contribution < -0.4 is 15.0 Å². The van der Waals surface area contributed by atoms with Gasteiger partial charge in [0, 0.05) is 5.69 Å². The fraction of sp³-hybridized carbons (Fsp3) is 0.263. The molecule has 2 aromatic carbocycles. The maximum Gasteiger partial charge on any atom is 0.331 e. The van der Waals surface area contributed by atoms with Crippen LogP contribution in [0.3, 0.4) is 0 Å². The summed E-state index contributed by atoms with van der Waals surface area (Å²) in [5, 5.41) is 2.87. The van der Waals surface area contributed by atoms with Gasteiger partial charge in [0.2, 0.25) is 5.91 Å². The van der Waals surface area contributed by atoms with E-state index in [-0.39, 0.29) is 25.0 Å². The second-order valence-electron chi connectivity index (χ2n) is 6.12. The Kier molecular flexibility index (Phi) is 4.51. The number of rotatable bonds is 4. The zero-order valence-electron chi connectivity index (χ0n) is 13.8. The number of nitrogens with zero attached hydrogens (tertiary/aromatic N) is 1. The highest BCUT2D eigenvalue weighted by molar-refractivity contribution is 5.96. The normalized spacial score (nSPS) is 13.5. The molecule has 5 heteroatoms. The lowest BCUT2D eigenvalue weighted by molar-refractivity contribution is -0.133. The summed E-state index contributed by atoms with van der Waals surface area (Å²) in [6.45, 7) is 4.41. The standard InChI is InChI=1S/C19H20N2O3/c1-13(2)14-7-9-15(10-8-14)20-18(22)11-21-12-19(23)24-17-6-4-3-5-16(17)21/h3-10,13H,11-12H2,1-2H3,(H,20,22). The first kappa shape index (κ1) is 16.1. The number of carbonyl (C=O) groups is 2. The Morgan fingerprint density at radius 3 is 2.58 bits per heavy atom. The molecule has 0 fully saturated rings. The van der Waals surface area contributed by atoms with E-state index in [4.69, 9.17) is 4.74 Å². The smallest absolute Gasteiger partial charge is 0.331 e. The van der Waals surface area contributed by atoms with E-state index in [9.17, 15) is 9.59 Å². The highest BCUT2D eigenvalue weighted by Gasteiger charge is 2.25. The van der Waals surface area contributed by atoms with Gasteiger partial charge in [0.15, 0.2) is 5.75 Å². The minimum Gasteiger partial charge on any atom is -0.423 e. The van der Waals surface area contributed by atoms with E-state index in [1.54, 1.807) is 17.0 Å². The number of carbonyl (C=O) groups excluding carboxylic acids is 2. The van der Waals surface area contributed by atoms with Gasteiger partial charge < -0.3 is 15.0 Å². The lowest BCUT2D eigenvalue weighted by atomic mass is 10.0. The molecular formula is C19H20N2O3. The fourth-order valence-corrected chi connectivity index (χ4v) is 2.67. The van der Waals surface area contributed by atoms with Crippen LogP contribution in [0.5, 0.6) is 5.75 Å². The van der Waals surface area contributed by atoms with Crippen LogP contribution >= 0.6 is 0 Å². The van der Waals surface area contributed by atoms with Crippen molar-refractivity contribution in [1.29, 1.82) is 0 Å². The van der Waals surface area contributed by atoms with Gasteiger partial charge in [0.05, 0.1) is 12.2 Å². The van der Waals surface area contributed by atoms with E-state index in [0.29, 0.717) is 11.7 Å². The third kappa shape index (κ3) is 3.56. The van der Waals surface area contributed by atoms with Crippen molar-refractivity contribution in [2.75, 3.05) is 23.3 Å². The molecule has 0 saturated heterocycles. The summed E-state index contributed by atoms with van der Waals surface area (Å²) in [5.41, 5.74) is 2.72. The van der Waals surface area contributed by atoms with Crippen molar-refractivity contribution in [1.82, 2.24) is 0 Å². The molecule has 0 unspecified atom stereocenters. The van der Waals surface area contributed by atoms with Crippen molar-refractivity contribution in [2.24, 2.45) is 0 Å². The minimum atomic E-state index is -0.359. The average molecular weight is 324 g/mol. The minimum absolute atomic E-state index is 0.0662. The zero-order valence-corrected chi connectivity index (χ0v) is 13.8. The van der Waals surface area contributed by atoms with Gasteiger partial charge in [-0.2, -0.15) is 0 Å². The first-order valence-electron chi connectivity index (χ1n) is 7.97. The molecule has 1 aliphatic heterocycles. The summed E-state index contributed by atoms with van der Waals surface area (Å²) < 4.78 is 5.19. The van der Waals surface area contributed by atoms with Crippen LogP contribution in [0.1, 0.15) is 25.3 Å². The molecule has 1 amide bonds. The molecule has 5 nitrogen and oxygen atoms in total.